The molecule has 0 amide bonds. The van der Waals surface area contributed by atoms with Gasteiger partial charge >= 0.3 is 0 Å². The topological polar surface area (TPSA) is 29.9 Å². The molecule has 1 heterocycles. The smallest absolute Gasteiger partial charge is 0.0641 e. The molecular formula is C12H23N3. The minimum Gasteiger partial charge on any atom is -0.316 e. The van der Waals surface area contributed by atoms with Gasteiger partial charge in [-0.3, -0.25) is 4.68 Å². The van der Waals surface area contributed by atoms with Gasteiger partial charge in [-0.1, -0.05) is 19.8 Å². The molecule has 0 saturated heterocycles. The van der Waals surface area contributed by atoms with Gasteiger partial charge in [-0.2, -0.15) is 5.10 Å². The first-order chi connectivity index (χ1) is 7.20. The summed E-state index contributed by atoms with van der Waals surface area (Å²) in [6, 6.07) is 0. The second-order valence-electron chi connectivity index (χ2n) is 4.11. The molecule has 0 fully saturated rings. The van der Waals surface area contributed by atoms with Crippen LogP contribution in [0.3, 0.4) is 0 Å². The van der Waals surface area contributed by atoms with E-state index in [0.717, 1.165) is 13.1 Å². The quantitative estimate of drug-likeness (QED) is 0.729. The lowest BCUT2D eigenvalue weighted by Gasteiger charge is -2.04. The number of aromatic nitrogens is 2. The summed E-state index contributed by atoms with van der Waals surface area (Å²) in [4.78, 5) is 0. The van der Waals surface area contributed by atoms with Crippen molar-refractivity contribution in [2.24, 2.45) is 0 Å². The largest absolute Gasteiger partial charge is 0.316 e. The Morgan fingerprint density at radius 2 is 2.00 bits per heavy atom. The minimum absolute atomic E-state index is 0.922. The Kier molecular flexibility index (Phi) is 4.82. The molecule has 0 bridgehead atoms. The molecule has 1 aromatic rings. The number of nitrogens with zero attached hydrogens (tertiary/aromatic N) is 2. The van der Waals surface area contributed by atoms with Crippen molar-refractivity contribution < 1.29 is 0 Å². The maximum Gasteiger partial charge on any atom is 0.0641 e. The second kappa shape index (κ2) is 5.91. The van der Waals surface area contributed by atoms with Crippen LogP contribution in [-0.2, 0) is 13.1 Å². The summed E-state index contributed by atoms with van der Waals surface area (Å²) >= 11 is 0. The summed E-state index contributed by atoms with van der Waals surface area (Å²) in [6.45, 7) is 8.47. The highest BCUT2D eigenvalue weighted by molar-refractivity contribution is 5.24. The van der Waals surface area contributed by atoms with Crippen molar-refractivity contribution in [1.29, 1.82) is 0 Å². The number of rotatable bonds is 6. The van der Waals surface area contributed by atoms with Crippen LogP contribution in [0.2, 0.25) is 0 Å². The SMILES string of the molecule is CCCCCn1nc(C)c(CNC)c1C. The Labute approximate surface area is 92.9 Å². The molecule has 0 aliphatic heterocycles. The van der Waals surface area contributed by atoms with Crippen molar-refractivity contribution in [3.8, 4) is 0 Å². The Bertz CT molecular complexity index is 302. The van der Waals surface area contributed by atoms with E-state index in [1.165, 1.54) is 36.2 Å². The van der Waals surface area contributed by atoms with Gasteiger partial charge in [-0.15, -0.1) is 0 Å². The predicted octanol–water partition coefficient (Wildman–Crippen LogP) is 2.41. The zero-order valence-corrected chi connectivity index (χ0v) is 10.4. The maximum absolute atomic E-state index is 4.58. The second-order valence-corrected chi connectivity index (χ2v) is 4.11. The molecule has 0 spiro atoms. The maximum atomic E-state index is 4.58. The first-order valence-electron chi connectivity index (χ1n) is 5.88. The fourth-order valence-electron chi connectivity index (χ4n) is 1.90. The third kappa shape index (κ3) is 3.06. The van der Waals surface area contributed by atoms with Crippen molar-refractivity contribution in [3.05, 3.63) is 17.0 Å². The summed E-state index contributed by atoms with van der Waals surface area (Å²) in [6.07, 6.45) is 3.79. The molecule has 15 heavy (non-hydrogen) atoms. The molecule has 0 aliphatic carbocycles. The van der Waals surface area contributed by atoms with Crippen LogP contribution in [0.4, 0.5) is 0 Å². The summed E-state index contributed by atoms with van der Waals surface area (Å²) in [5.41, 5.74) is 3.84. The van der Waals surface area contributed by atoms with E-state index < -0.39 is 0 Å². The standard InChI is InChI=1S/C12H23N3/c1-5-6-7-8-15-11(3)12(9-13-4)10(2)14-15/h13H,5-9H2,1-4H3. The summed E-state index contributed by atoms with van der Waals surface area (Å²) < 4.78 is 2.15. The average molecular weight is 209 g/mol. The van der Waals surface area contributed by atoms with E-state index in [9.17, 15) is 0 Å². The van der Waals surface area contributed by atoms with Crippen molar-refractivity contribution >= 4 is 0 Å². The summed E-state index contributed by atoms with van der Waals surface area (Å²) in [7, 11) is 1.98. The van der Waals surface area contributed by atoms with E-state index in [1.807, 2.05) is 7.05 Å². The Hall–Kier alpha value is -0.830. The Morgan fingerprint density at radius 1 is 1.27 bits per heavy atom. The van der Waals surface area contributed by atoms with Crippen LogP contribution in [0.5, 0.6) is 0 Å². The number of hydrogen-bond donors (Lipinski definition) is 1. The first-order valence-corrected chi connectivity index (χ1v) is 5.88. The molecule has 1 rings (SSSR count). The van der Waals surface area contributed by atoms with Crippen LogP contribution in [0.25, 0.3) is 0 Å². The van der Waals surface area contributed by atoms with E-state index in [1.54, 1.807) is 0 Å². The van der Waals surface area contributed by atoms with Gasteiger partial charge < -0.3 is 5.32 Å². The van der Waals surface area contributed by atoms with E-state index in [0.29, 0.717) is 0 Å². The van der Waals surface area contributed by atoms with Crippen LogP contribution in [-0.4, -0.2) is 16.8 Å². The van der Waals surface area contributed by atoms with Crippen LogP contribution in [0.1, 0.15) is 43.1 Å². The van der Waals surface area contributed by atoms with Gasteiger partial charge in [0, 0.05) is 24.3 Å². The predicted molar refractivity (Wildman–Crippen MR) is 64.0 cm³/mol. The highest BCUT2D eigenvalue weighted by atomic mass is 15.3. The summed E-state index contributed by atoms with van der Waals surface area (Å²) in [5, 5.41) is 7.77. The lowest BCUT2D eigenvalue weighted by Crippen LogP contribution is -2.08. The van der Waals surface area contributed by atoms with Crippen molar-refractivity contribution in [2.75, 3.05) is 7.05 Å². The van der Waals surface area contributed by atoms with E-state index in [2.05, 4.69) is 35.9 Å². The van der Waals surface area contributed by atoms with Crippen LogP contribution >= 0.6 is 0 Å². The highest BCUT2D eigenvalue weighted by Crippen LogP contribution is 2.13. The number of hydrogen-bond acceptors (Lipinski definition) is 2. The average Bonchev–Trinajstić information content (AvgIpc) is 2.47. The third-order valence-corrected chi connectivity index (χ3v) is 2.86. The number of unbranched alkanes of at least 4 members (excludes halogenated alkanes) is 2. The van der Waals surface area contributed by atoms with Crippen LogP contribution in [0.15, 0.2) is 0 Å². The lowest BCUT2D eigenvalue weighted by atomic mass is 10.2. The minimum atomic E-state index is 0.922. The van der Waals surface area contributed by atoms with Crippen LogP contribution in [0, 0.1) is 13.8 Å². The molecule has 3 heteroatoms. The van der Waals surface area contributed by atoms with Crippen LogP contribution < -0.4 is 5.32 Å². The molecule has 0 aliphatic rings. The van der Waals surface area contributed by atoms with E-state index in [4.69, 9.17) is 0 Å². The fourth-order valence-corrected chi connectivity index (χ4v) is 1.90. The van der Waals surface area contributed by atoms with Gasteiger partial charge in [-0.25, -0.2) is 0 Å². The molecule has 86 valence electrons. The Morgan fingerprint density at radius 3 is 2.60 bits per heavy atom. The zero-order valence-electron chi connectivity index (χ0n) is 10.4. The van der Waals surface area contributed by atoms with E-state index >= 15 is 0 Å². The van der Waals surface area contributed by atoms with Crippen molar-refractivity contribution in [3.63, 3.8) is 0 Å². The Balaban J connectivity index is 2.68. The monoisotopic (exact) mass is 209 g/mol. The van der Waals surface area contributed by atoms with Gasteiger partial charge in [0.1, 0.15) is 0 Å². The van der Waals surface area contributed by atoms with Gasteiger partial charge in [0.15, 0.2) is 0 Å². The van der Waals surface area contributed by atoms with Gasteiger partial charge in [-0.05, 0) is 27.3 Å². The highest BCUT2D eigenvalue weighted by Gasteiger charge is 2.09. The van der Waals surface area contributed by atoms with Crippen molar-refractivity contribution in [2.45, 2.75) is 53.1 Å². The molecule has 0 unspecified atom stereocenters. The molecule has 0 aromatic carbocycles. The fraction of sp³-hybridized carbons (Fsp3) is 0.750. The summed E-state index contributed by atoms with van der Waals surface area (Å²) in [5.74, 6) is 0. The van der Waals surface area contributed by atoms with Gasteiger partial charge in [0.2, 0.25) is 0 Å². The number of nitrogens with one attached hydrogen (secondary N) is 1. The van der Waals surface area contributed by atoms with E-state index in [-0.39, 0.29) is 0 Å². The molecular weight excluding hydrogens is 186 g/mol. The molecule has 3 nitrogen and oxygen atoms in total. The van der Waals surface area contributed by atoms with Gasteiger partial charge in [0.25, 0.3) is 0 Å². The first kappa shape index (κ1) is 12.2. The zero-order chi connectivity index (χ0) is 11.3. The normalized spacial score (nSPS) is 10.9. The van der Waals surface area contributed by atoms with Crippen molar-refractivity contribution in [1.82, 2.24) is 15.1 Å². The third-order valence-electron chi connectivity index (χ3n) is 2.86. The molecule has 0 saturated carbocycles. The number of aryl methyl sites for hydroxylation is 2. The molecule has 1 aromatic heterocycles. The molecule has 0 radical (unpaired) electrons. The van der Waals surface area contributed by atoms with Gasteiger partial charge in [0.05, 0.1) is 5.69 Å². The molecule has 0 atom stereocenters. The molecule has 1 N–H and O–H groups in total. The lowest BCUT2D eigenvalue weighted by molar-refractivity contribution is 0.539.